The van der Waals surface area contributed by atoms with Crippen LogP contribution in [0.1, 0.15) is 11.1 Å². The molecule has 0 heterocycles. The quantitative estimate of drug-likeness (QED) is 0.770. The van der Waals surface area contributed by atoms with Gasteiger partial charge in [-0.2, -0.15) is 0 Å². The Kier molecular flexibility index (Phi) is 6.91. The average molecular weight is 377 g/mol. The van der Waals surface area contributed by atoms with E-state index >= 15 is 0 Å². The molecule has 0 aliphatic carbocycles. The van der Waals surface area contributed by atoms with Gasteiger partial charge in [0.2, 0.25) is 11.8 Å². The number of carbonyl (C=O) groups is 2. The molecular formula is C19H21ClN2O2S. The van der Waals surface area contributed by atoms with Crippen LogP contribution < -0.4 is 5.32 Å². The Morgan fingerprint density at radius 2 is 1.84 bits per heavy atom. The summed E-state index contributed by atoms with van der Waals surface area (Å²) in [6.07, 6.45) is 0. The van der Waals surface area contributed by atoms with Crippen molar-refractivity contribution in [2.24, 2.45) is 0 Å². The topological polar surface area (TPSA) is 49.4 Å². The molecule has 0 bridgehead atoms. The Morgan fingerprint density at radius 3 is 2.56 bits per heavy atom. The molecule has 0 spiro atoms. The minimum atomic E-state index is -0.215. The summed E-state index contributed by atoms with van der Waals surface area (Å²) in [7, 11) is 1.62. The van der Waals surface area contributed by atoms with E-state index in [0.29, 0.717) is 5.02 Å². The Balaban J connectivity index is 1.87. The number of likely N-dealkylation sites (N-methyl/N-ethyl adjacent to an activating group) is 1. The van der Waals surface area contributed by atoms with Crippen LogP contribution >= 0.6 is 23.4 Å². The first-order valence-corrected chi connectivity index (χ1v) is 9.22. The van der Waals surface area contributed by atoms with Gasteiger partial charge in [-0.3, -0.25) is 9.59 Å². The van der Waals surface area contributed by atoms with Crippen LogP contribution in [0.5, 0.6) is 0 Å². The Bertz CT molecular complexity index is 780. The SMILES string of the molecule is Cc1cccc(NC(=O)CN(C)C(=O)CSc2ccccc2Cl)c1C. The average Bonchev–Trinajstić information content (AvgIpc) is 2.58. The highest BCUT2D eigenvalue weighted by Gasteiger charge is 2.15. The zero-order chi connectivity index (χ0) is 18.4. The number of nitrogens with one attached hydrogen (secondary N) is 1. The lowest BCUT2D eigenvalue weighted by atomic mass is 10.1. The number of benzene rings is 2. The van der Waals surface area contributed by atoms with Gasteiger partial charge in [0.1, 0.15) is 0 Å². The second-order valence-corrected chi connectivity index (χ2v) is 7.19. The van der Waals surface area contributed by atoms with Crippen molar-refractivity contribution in [3.8, 4) is 0 Å². The highest BCUT2D eigenvalue weighted by atomic mass is 35.5. The molecule has 2 aromatic carbocycles. The zero-order valence-electron chi connectivity index (χ0n) is 14.5. The maximum atomic E-state index is 12.2. The van der Waals surface area contributed by atoms with Crippen molar-refractivity contribution in [1.29, 1.82) is 0 Å². The molecule has 0 fully saturated rings. The fourth-order valence-corrected chi connectivity index (χ4v) is 3.37. The Hall–Kier alpha value is -1.98. The summed E-state index contributed by atoms with van der Waals surface area (Å²) in [5.41, 5.74) is 2.91. The van der Waals surface area contributed by atoms with E-state index in [-0.39, 0.29) is 24.1 Å². The first-order valence-electron chi connectivity index (χ1n) is 7.86. The van der Waals surface area contributed by atoms with E-state index in [1.165, 1.54) is 16.7 Å². The third-order valence-corrected chi connectivity index (χ3v) is 5.37. The number of aryl methyl sites for hydroxylation is 1. The predicted molar refractivity (Wildman–Crippen MR) is 104 cm³/mol. The van der Waals surface area contributed by atoms with Gasteiger partial charge in [-0.25, -0.2) is 0 Å². The molecule has 0 atom stereocenters. The lowest BCUT2D eigenvalue weighted by Gasteiger charge is -2.17. The van der Waals surface area contributed by atoms with Crippen LogP contribution in [-0.2, 0) is 9.59 Å². The van der Waals surface area contributed by atoms with Crippen molar-refractivity contribution in [3.05, 3.63) is 58.6 Å². The molecule has 0 aromatic heterocycles. The Labute approximate surface area is 157 Å². The molecule has 25 heavy (non-hydrogen) atoms. The number of rotatable bonds is 6. The molecule has 0 saturated carbocycles. The third-order valence-electron chi connectivity index (χ3n) is 3.87. The molecule has 2 aromatic rings. The molecule has 1 N–H and O–H groups in total. The molecule has 2 rings (SSSR count). The van der Waals surface area contributed by atoms with Crippen molar-refractivity contribution in [3.63, 3.8) is 0 Å². The summed E-state index contributed by atoms with van der Waals surface area (Å²) < 4.78 is 0. The second kappa shape index (κ2) is 8.92. The van der Waals surface area contributed by atoms with Gasteiger partial charge in [-0.15, -0.1) is 11.8 Å². The number of hydrogen-bond acceptors (Lipinski definition) is 3. The number of amides is 2. The summed E-state index contributed by atoms with van der Waals surface area (Å²) in [6, 6.07) is 13.1. The molecule has 132 valence electrons. The zero-order valence-corrected chi connectivity index (χ0v) is 16.1. The van der Waals surface area contributed by atoms with Crippen LogP contribution in [0.25, 0.3) is 0 Å². The summed E-state index contributed by atoms with van der Waals surface area (Å²) >= 11 is 7.44. The fourth-order valence-electron chi connectivity index (χ4n) is 2.19. The van der Waals surface area contributed by atoms with Crippen molar-refractivity contribution in [2.45, 2.75) is 18.7 Å². The standard InChI is InChI=1S/C19H21ClN2O2S/c1-13-7-6-9-16(14(13)2)21-18(23)11-22(3)19(24)12-25-17-10-5-4-8-15(17)20/h4-10H,11-12H2,1-3H3,(H,21,23). The molecule has 2 amide bonds. The minimum Gasteiger partial charge on any atom is -0.336 e. The van der Waals surface area contributed by atoms with Crippen molar-refractivity contribution in [1.82, 2.24) is 4.90 Å². The fraction of sp³-hybridized carbons (Fsp3) is 0.263. The molecule has 0 radical (unpaired) electrons. The van der Waals surface area contributed by atoms with Gasteiger partial charge < -0.3 is 10.2 Å². The van der Waals surface area contributed by atoms with Crippen LogP contribution in [0.3, 0.4) is 0 Å². The molecule has 0 aliphatic heterocycles. The van der Waals surface area contributed by atoms with E-state index in [1.807, 2.05) is 50.2 Å². The minimum absolute atomic E-state index is 0.00922. The van der Waals surface area contributed by atoms with E-state index in [0.717, 1.165) is 21.7 Å². The van der Waals surface area contributed by atoms with Gasteiger partial charge in [0, 0.05) is 17.6 Å². The van der Waals surface area contributed by atoms with Gasteiger partial charge in [-0.1, -0.05) is 35.9 Å². The summed E-state index contributed by atoms with van der Waals surface area (Å²) in [6.45, 7) is 3.96. The largest absolute Gasteiger partial charge is 0.336 e. The highest BCUT2D eigenvalue weighted by molar-refractivity contribution is 8.00. The van der Waals surface area contributed by atoms with Gasteiger partial charge in [0.25, 0.3) is 0 Å². The third kappa shape index (κ3) is 5.51. The Morgan fingerprint density at radius 1 is 1.12 bits per heavy atom. The molecule has 0 unspecified atom stereocenters. The molecule has 0 aliphatic rings. The molecule has 4 nitrogen and oxygen atoms in total. The number of nitrogens with zero attached hydrogens (tertiary/aromatic N) is 1. The van der Waals surface area contributed by atoms with Crippen molar-refractivity contribution < 1.29 is 9.59 Å². The maximum absolute atomic E-state index is 12.2. The van der Waals surface area contributed by atoms with E-state index in [2.05, 4.69) is 5.32 Å². The maximum Gasteiger partial charge on any atom is 0.243 e. The van der Waals surface area contributed by atoms with Crippen LogP contribution in [0.2, 0.25) is 5.02 Å². The molecule has 0 saturated heterocycles. The monoisotopic (exact) mass is 376 g/mol. The van der Waals surface area contributed by atoms with Gasteiger partial charge >= 0.3 is 0 Å². The number of halogens is 1. The van der Waals surface area contributed by atoms with Gasteiger partial charge in [0.05, 0.1) is 17.3 Å². The number of carbonyl (C=O) groups excluding carboxylic acids is 2. The number of hydrogen-bond donors (Lipinski definition) is 1. The summed E-state index contributed by atoms with van der Waals surface area (Å²) in [5.74, 6) is -0.106. The van der Waals surface area contributed by atoms with Crippen LogP contribution in [-0.4, -0.2) is 36.1 Å². The number of anilines is 1. The lowest BCUT2D eigenvalue weighted by molar-refractivity contribution is -0.131. The molecular weight excluding hydrogens is 356 g/mol. The van der Waals surface area contributed by atoms with E-state index in [4.69, 9.17) is 11.6 Å². The summed E-state index contributed by atoms with van der Waals surface area (Å²) in [4.78, 5) is 26.7. The normalized spacial score (nSPS) is 10.4. The van der Waals surface area contributed by atoms with E-state index < -0.39 is 0 Å². The van der Waals surface area contributed by atoms with Crippen molar-refractivity contribution >= 4 is 40.9 Å². The van der Waals surface area contributed by atoms with Gasteiger partial charge in [-0.05, 0) is 43.2 Å². The molecule has 6 heteroatoms. The first kappa shape index (κ1) is 19.3. The van der Waals surface area contributed by atoms with E-state index in [9.17, 15) is 9.59 Å². The van der Waals surface area contributed by atoms with Crippen molar-refractivity contribution in [2.75, 3.05) is 24.7 Å². The predicted octanol–water partition coefficient (Wildman–Crippen LogP) is 4.15. The van der Waals surface area contributed by atoms with Crippen LogP contribution in [0.15, 0.2) is 47.4 Å². The second-order valence-electron chi connectivity index (χ2n) is 5.76. The van der Waals surface area contributed by atoms with Crippen LogP contribution in [0, 0.1) is 13.8 Å². The summed E-state index contributed by atoms with van der Waals surface area (Å²) in [5, 5.41) is 3.48. The smallest absolute Gasteiger partial charge is 0.243 e. The number of thioether (sulfide) groups is 1. The lowest BCUT2D eigenvalue weighted by Crippen LogP contribution is -2.36. The van der Waals surface area contributed by atoms with E-state index in [1.54, 1.807) is 13.1 Å². The van der Waals surface area contributed by atoms with Gasteiger partial charge in [0.15, 0.2) is 0 Å². The highest BCUT2D eigenvalue weighted by Crippen LogP contribution is 2.26. The first-order chi connectivity index (χ1) is 11.9. The van der Waals surface area contributed by atoms with Crippen LogP contribution in [0.4, 0.5) is 5.69 Å².